The summed E-state index contributed by atoms with van der Waals surface area (Å²) < 4.78 is 0.788. The summed E-state index contributed by atoms with van der Waals surface area (Å²) in [7, 11) is 0. The molecule has 0 aliphatic rings. The Morgan fingerprint density at radius 2 is 2.25 bits per heavy atom. The van der Waals surface area contributed by atoms with Gasteiger partial charge < -0.3 is 4.90 Å². The molecule has 0 N–H and O–H groups in total. The van der Waals surface area contributed by atoms with Crippen LogP contribution < -0.4 is 0 Å². The molecule has 0 spiro atoms. The Bertz CT molecular complexity index is 354. The second-order valence-electron chi connectivity index (χ2n) is 3.74. The lowest BCUT2D eigenvalue weighted by molar-refractivity contribution is -0.130. The summed E-state index contributed by atoms with van der Waals surface area (Å²) in [6, 6.07) is 3.93. The zero-order chi connectivity index (χ0) is 12.1. The van der Waals surface area contributed by atoms with E-state index in [4.69, 9.17) is 11.6 Å². The molecule has 0 aliphatic carbocycles. The predicted molar refractivity (Wildman–Crippen MR) is 68.3 cm³/mol. The van der Waals surface area contributed by atoms with Gasteiger partial charge in [0, 0.05) is 18.8 Å². The van der Waals surface area contributed by atoms with Crippen molar-refractivity contribution in [2.24, 2.45) is 0 Å². The van der Waals surface area contributed by atoms with E-state index in [1.807, 2.05) is 26.0 Å². The van der Waals surface area contributed by atoms with Gasteiger partial charge in [-0.05, 0) is 41.4 Å². The van der Waals surface area contributed by atoms with Crippen molar-refractivity contribution in [3.63, 3.8) is 0 Å². The first-order valence-electron chi connectivity index (χ1n) is 5.00. The van der Waals surface area contributed by atoms with Crippen LogP contribution in [0.2, 0.25) is 0 Å². The lowest BCUT2D eigenvalue weighted by Gasteiger charge is -2.25. The lowest BCUT2D eigenvalue weighted by atomic mass is 10.2. The number of rotatable bonds is 4. The van der Waals surface area contributed by atoms with Gasteiger partial charge in [0.05, 0.1) is 0 Å². The summed E-state index contributed by atoms with van der Waals surface area (Å²) in [5.41, 5.74) is 0.996. The SMILES string of the molecule is CC(C)N(Cc1ccc(Br)nc1)C(=O)CCl. The average Bonchev–Trinajstić information content (AvgIpc) is 2.27. The van der Waals surface area contributed by atoms with Crippen LogP contribution in [-0.4, -0.2) is 27.7 Å². The minimum Gasteiger partial charge on any atom is -0.335 e. The monoisotopic (exact) mass is 304 g/mol. The van der Waals surface area contributed by atoms with Gasteiger partial charge in [0.2, 0.25) is 5.91 Å². The predicted octanol–water partition coefficient (Wildman–Crippen LogP) is 2.82. The number of hydrogen-bond donors (Lipinski definition) is 0. The van der Waals surface area contributed by atoms with Gasteiger partial charge in [0.1, 0.15) is 10.5 Å². The summed E-state index contributed by atoms with van der Waals surface area (Å²) in [6.45, 7) is 4.48. The first-order chi connectivity index (χ1) is 7.54. The summed E-state index contributed by atoms with van der Waals surface area (Å²) in [6.07, 6.45) is 1.75. The zero-order valence-electron chi connectivity index (χ0n) is 9.28. The zero-order valence-corrected chi connectivity index (χ0v) is 11.6. The third-order valence-electron chi connectivity index (χ3n) is 2.20. The van der Waals surface area contributed by atoms with Gasteiger partial charge in [-0.1, -0.05) is 6.07 Å². The number of pyridine rings is 1. The van der Waals surface area contributed by atoms with Crippen LogP contribution in [0.1, 0.15) is 19.4 Å². The molecule has 0 aliphatic heterocycles. The van der Waals surface area contributed by atoms with Gasteiger partial charge in [-0.3, -0.25) is 4.79 Å². The lowest BCUT2D eigenvalue weighted by Crippen LogP contribution is -2.37. The van der Waals surface area contributed by atoms with E-state index in [1.54, 1.807) is 11.1 Å². The Morgan fingerprint density at radius 1 is 1.56 bits per heavy atom. The fourth-order valence-corrected chi connectivity index (χ4v) is 1.72. The minimum absolute atomic E-state index is 0.0160. The number of carbonyl (C=O) groups is 1. The van der Waals surface area contributed by atoms with Gasteiger partial charge in [-0.25, -0.2) is 4.98 Å². The normalized spacial score (nSPS) is 10.6. The number of halogens is 2. The molecule has 1 aromatic heterocycles. The highest BCUT2D eigenvalue weighted by Crippen LogP contribution is 2.11. The number of alkyl halides is 1. The maximum Gasteiger partial charge on any atom is 0.238 e. The Labute approximate surface area is 109 Å². The van der Waals surface area contributed by atoms with Crippen molar-refractivity contribution in [2.75, 3.05) is 5.88 Å². The van der Waals surface area contributed by atoms with Gasteiger partial charge >= 0.3 is 0 Å². The van der Waals surface area contributed by atoms with Crippen LogP contribution in [-0.2, 0) is 11.3 Å². The molecule has 0 bridgehead atoms. The maximum absolute atomic E-state index is 11.6. The molecule has 1 aromatic rings. The van der Waals surface area contributed by atoms with Crippen LogP contribution >= 0.6 is 27.5 Å². The van der Waals surface area contributed by atoms with Gasteiger partial charge in [-0.15, -0.1) is 11.6 Å². The Balaban J connectivity index is 2.75. The summed E-state index contributed by atoms with van der Waals surface area (Å²) >= 11 is 8.84. The van der Waals surface area contributed by atoms with E-state index in [0.717, 1.165) is 10.2 Å². The Morgan fingerprint density at radius 3 is 2.69 bits per heavy atom. The van der Waals surface area contributed by atoms with E-state index >= 15 is 0 Å². The molecule has 5 heteroatoms. The number of amides is 1. The summed E-state index contributed by atoms with van der Waals surface area (Å²) in [5, 5.41) is 0. The van der Waals surface area contributed by atoms with E-state index in [9.17, 15) is 4.79 Å². The minimum atomic E-state index is -0.0559. The number of hydrogen-bond acceptors (Lipinski definition) is 2. The topological polar surface area (TPSA) is 33.2 Å². The molecular weight excluding hydrogens is 291 g/mol. The highest BCUT2D eigenvalue weighted by atomic mass is 79.9. The van der Waals surface area contributed by atoms with Crippen LogP contribution in [0, 0.1) is 0 Å². The smallest absolute Gasteiger partial charge is 0.238 e. The van der Waals surface area contributed by atoms with Crippen LogP contribution in [0.3, 0.4) is 0 Å². The fraction of sp³-hybridized carbons (Fsp3) is 0.455. The van der Waals surface area contributed by atoms with Crippen LogP contribution in [0.5, 0.6) is 0 Å². The molecule has 1 heterocycles. The number of carbonyl (C=O) groups excluding carboxylic acids is 1. The van der Waals surface area contributed by atoms with E-state index in [-0.39, 0.29) is 17.8 Å². The molecule has 88 valence electrons. The largest absolute Gasteiger partial charge is 0.335 e. The van der Waals surface area contributed by atoms with Gasteiger partial charge in [0.15, 0.2) is 0 Å². The first kappa shape index (κ1) is 13.5. The molecule has 3 nitrogen and oxygen atoms in total. The van der Waals surface area contributed by atoms with Crippen molar-refractivity contribution in [1.29, 1.82) is 0 Å². The molecule has 0 saturated heterocycles. The highest BCUT2D eigenvalue weighted by molar-refractivity contribution is 9.10. The standard InChI is InChI=1S/C11H14BrClN2O/c1-8(2)15(11(16)5-13)7-9-3-4-10(12)14-6-9/h3-4,6,8H,5,7H2,1-2H3. The molecular formula is C11H14BrClN2O. The van der Waals surface area contributed by atoms with Crippen molar-refractivity contribution >= 4 is 33.4 Å². The number of nitrogens with zero attached hydrogens (tertiary/aromatic N) is 2. The third-order valence-corrected chi connectivity index (χ3v) is 2.90. The molecule has 0 fully saturated rings. The highest BCUT2D eigenvalue weighted by Gasteiger charge is 2.16. The quantitative estimate of drug-likeness (QED) is 0.633. The maximum atomic E-state index is 11.6. The molecule has 1 amide bonds. The molecule has 16 heavy (non-hydrogen) atoms. The summed E-state index contributed by atoms with van der Waals surface area (Å²) in [4.78, 5) is 17.4. The van der Waals surface area contributed by atoms with Crippen molar-refractivity contribution in [2.45, 2.75) is 26.4 Å². The first-order valence-corrected chi connectivity index (χ1v) is 6.33. The average molecular weight is 306 g/mol. The van der Waals surface area contributed by atoms with Gasteiger partial charge in [0.25, 0.3) is 0 Å². The second kappa shape index (κ2) is 6.21. The van der Waals surface area contributed by atoms with Crippen LogP contribution in [0.4, 0.5) is 0 Å². The molecule has 0 aromatic carbocycles. The molecule has 0 unspecified atom stereocenters. The van der Waals surface area contributed by atoms with E-state index in [0.29, 0.717) is 6.54 Å². The fourth-order valence-electron chi connectivity index (χ4n) is 1.33. The van der Waals surface area contributed by atoms with Crippen LogP contribution in [0.25, 0.3) is 0 Å². The molecule has 0 atom stereocenters. The van der Waals surface area contributed by atoms with Gasteiger partial charge in [-0.2, -0.15) is 0 Å². The van der Waals surface area contributed by atoms with Crippen molar-refractivity contribution in [3.8, 4) is 0 Å². The van der Waals surface area contributed by atoms with Crippen molar-refractivity contribution in [3.05, 3.63) is 28.5 Å². The molecule has 1 rings (SSSR count). The summed E-state index contributed by atoms with van der Waals surface area (Å²) in [5.74, 6) is -0.0399. The van der Waals surface area contributed by atoms with Crippen molar-refractivity contribution in [1.82, 2.24) is 9.88 Å². The van der Waals surface area contributed by atoms with Crippen LogP contribution in [0.15, 0.2) is 22.9 Å². The van der Waals surface area contributed by atoms with E-state index in [1.165, 1.54) is 0 Å². The second-order valence-corrected chi connectivity index (χ2v) is 4.82. The Kier molecular flexibility index (Phi) is 5.22. The number of aromatic nitrogens is 1. The molecule has 0 saturated carbocycles. The third kappa shape index (κ3) is 3.76. The van der Waals surface area contributed by atoms with Crippen molar-refractivity contribution < 1.29 is 4.79 Å². The van der Waals surface area contributed by atoms with E-state index in [2.05, 4.69) is 20.9 Å². The molecule has 0 radical (unpaired) electrons. The Hall–Kier alpha value is -0.610. The van der Waals surface area contributed by atoms with E-state index < -0.39 is 0 Å².